The number of piperidine rings is 1. The topological polar surface area (TPSA) is 65.0 Å². The Bertz CT molecular complexity index is 964. The molecule has 5 atom stereocenters. The molecule has 29 heavy (non-hydrogen) atoms. The lowest BCUT2D eigenvalue weighted by Crippen LogP contribution is -2.77. The second-order valence-corrected chi connectivity index (χ2v) is 9.34. The van der Waals surface area contributed by atoms with Gasteiger partial charge in [0.05, 0.1) is 11.0 Å². The van der Waals surface area contributed by atoms with Gasteiger partial charge in [-0.15, -0.1) is 0 Å². The molecule has 0 aromatic heterocycles. The van der Waals surface area contributed by atoms with Crippen molar-refractivity contribution in [2.24, 2.45) is 0 Å². The van der Waals surface area contributed by atoms with E-state index >= 15 is 0 Å². The molecule has 2 aromatic rings. The molecule has 0 unspecified atom stereocenters. The van der Waals surface area contributed by atoms with Crippen molar-refractivity contribution in [3.05, 3.63) is 59.2 Å². The molecule has 0 amide bonds. The number of ether oxygens (including phenoxy) is 1. The van der Waals surface area contributed by atoms with E-state index in [1.807, 2.05) is 12.1 Å². The van der Waals surface area contributed by atoms with Crippen LogP contribution < -0.4 is 10.1 Å². The SMILES string of the molecule is CN1CC[C@]23c4c5ccc(O)c4O[C@H]2[C@@H](NCc2ccccc2)CC[C@@]3(O)[C@H]1C5. The average molecular weight is 392 g/mol. The Morgan fingerprint density at radius 3 is 2.83 bits per heavy atom. The van der Waals surface area contributed by atoms with Crippen molar-refractivity contribution < 1.29 is 14.9 Å². The van der Waals surface area contributed by atoms with Crippen molar-refractivity contribution in [1.82, 2.24) is 10.2 Å². The van der Waals surface area contributed by atoms with Crippen LogP contribution >= 0.6 is 0 Å². The van der Waals surface area contributed by atoms with Crippen LogP contribution in [0.3, 0.4) is 0 Å². The van der Waals surface area contributed by atoms with Crippen LogP contribution in [0.2, 0.25) is 0 Å². The van der Waals surface area contributed by atoms with Crippen LogP contribution in [0.5, 0.6) is 11.5 Å². The third kappa shape index (κ3) is 2.16. The number of nitrogens with zero attached hydrogens (tertiary/aromatic N) is 1. The lowest BCUT2D eigenvalue weighted by molar-refractivity contribution is -0.187. The van der Waals surface area contributed by atoms with Crippen LogP contribution in [0.1, 0.15) is 36.0 Å². The molecule has 1 saturated heterocycles. The lowest BCUT2D eigenvalue weighted by Gasteiger charge is -2.63. The quantitative estimate of drug-likeness (QED) is 0.748. The van der Waals surface area contributed by atoms with Crippen molar-refractivity contribution in [3.8, 4) is 11.5 Å². The van der Waals surface area contributed by atoms with Crippen LogP contribution in [0.4, 0.5) is 0 Å². The third-order valence-electron chi connectivity index (χ3n) is 8.14. The minimum absolute atomic E-state index is 0.0976. The molecule has 0 radical (unpaired) electrons. The smallest absolute Gasteiger partial charge is 0.165 e. The number of likely N-dealkylation sites (N-methyl/N-ethyl adjacent to an activating group) is 1. The predicted octanol–water partition coefficient (Wildman–Crippen LogP) is 2.33. The van der Waals surface area contributed by atoms with Crippen molar-refractivity contribution in [1.29, 1.82) is 0 Å². The van der Waals surface area contributed by atoms with Crippen molar-refractivity contribution in [2.45, 2.75) is 61.4 Å². The number of aromatic hydroxyl groups is 1. The normalized spacial score (nSPS) is 37.1. The van der Waals surface area contributed by atoms with Gasteiger partial charge in [0, 0.05) is 24.2 Å². The zero-order valence-corrected chi connectivity index (χ0v) is 16.8. The summed E-state index contributed by atoms with van der Waals surface area (Å²) < 4.78 is 6.52. The molecule has 6 rings (SSSR count). The number of hydrogen-bond acceptors (Lipinski definition) is 5. The van der Waals surface area contributed by atoms with Gasteiger partial charge in [0.25, 0.3) is 0 Å². The summed E-state index contributed by atoms with van der Waals surface area (Å²) in [6.45, 7) is 1.71. The Labute approximate surface area is 171 Å². The van der Waals surface area contributed by atoms with E-state index in [4.69, 9.17) is 4.74 Å². The summed E-state index contributed by atoms with van der Waals surface area (Å²) in [5.74, 6) is 0.816. The van der Waals surface area contributed by atoms with Crippen LogP contribution in [0.15, 0.2) is 42.5 Å². The fourth-order valence-electron chi connectivity index (χ4n) is 6.81. The molecule has 5 heteroatoms. The van der Waals surface area contributed by atoms with E-state index in [9.17, 15) is 10.2 Å². The van der Waals surface area contributed by atoms with Gasteiger partial charge in [-0.2, -0.15) is 0 Å². The molecule has 4 aliphatic rings. The Kier molecular flexibility index (Phi) is 3.65. The molecule has 2 aromatic carbocycles. The maximum absolute atomic E-state index is 12.1. The maximum atomic E-state index is 12.1. The van der Waals surface area contributed by atoms with Crippen molar-refractivity contribution >= 4 is 0 Å². The maximum Gasteiger partial charge on any atom is 0.165 e. The highest BCUT2D eigenvalue weighted by Crippen LogP contribution is 2.65. The van der Waals surface area contributed by atoms with Crippen molar-refractivity contribution in [3.63, 3.8) is 0 Å². The van der Waals surface area contributed by atoms with Gasteiger partial charge in [-0.1, -0.05) is 36.4 Å². The van der Waals surface area contributed by atoms with Gasteiger partial charge in [-0.3, -0.25) is 0 Å². The fraction of sp³-hybridized carbons (Fsp3) is 0.500. The van der Waals surface area contributed by atoms with Gasteiger partial charge in [-0.25, -0.2) is 0 Å². The first kappa shape index (κ1) is 17.8. The summed E-state index contributed by atoms with van der Waals surface area (Å²) in [4.78, 5) is 2.33. The van der Waals surface area contributed by atoms with Crippen molar-refractivity contribution in [2.75, 3.05) is 13.6 Å². The molecule has 152 valence electrons. The summed E-state index contributed by atoms with van der Waals surface area (Å²) in [6, 6.07) is 14.4. The zero-order valence-electron chi connectivity index (χ0n) is 16.8. The second-order valence-electron chi connectivity index (χ2n) is 9.34. The summed E-state index contributed by atoms with van der Waals surface area (Å²) >= 11 is 0. The minimum atomic E-state index is -0.818. The first-order chi connectivity index (χ1) is 14.0. The van der Waals surface area contributed by atoms with Gasteiger partial charge in [0.2, 0.25) is 0 Å². The standard InChI is InChI=1S/C24H28N2O3/c1-26-12-11-23-20-16-7-8-18(27)21(20)29-22(23)17(9-10-24(23,28)19(26)13-16)25-14-15-5-3-2-4-6-15/h2-8,17,19,22,25,27-28H,9-14H2,1H3/t17-,19+,22-,23-,24+/m0/s1. The molecule has 2 aliphatic heterocycles. The summed E-state index contributed by atoms with van der Waals surface area (Å²) in [5, 5.41) is 26.5. The van der Waals surface area contributed by atoms with Crippen LogP contribution in [0, 0.1) is 0 Å². The largest absolute Gasteiger partial charge is 0.504 e. The van der Waals surface area contributed by atoms with Gasteiger partial charge >= 0.3 is 0 Å². The Morgan fingerprint density at radius 1 is 1.17 bits per heavy atom. The Morgan fingerprint density at radius 2 is 2.00 bits per heavy atom. The highest BCUT2D eigenvalue weighted by Gasteiger charge is 2.72. The van der Waals surface area contributed by atoms with E-state index in [1.165, 1.54) is 11.1 Å². The summed E-state index contributed by atoms with van der Waals surface area (Å²) in [5.41, 5.74) is 2.29. The average Bonchev–Trinajstić information content (AvgIpc) is 3.08. The van der Waals surface area contributed by atoms with E-state index < -0.39 is 11.0 Å². The Hall–Kier alpha value is -2.08. The van der Waals surface area contributed by atoms with E-state index in [0.29, 0.717) is 5.75 Å². The fourth-order valence-corrected chi connectivity index (χ4v) is 6.81. The van der Waals surface area contributed by atoms with Crippen LogP contribution in [-0.2, 0) is 18.4 Å². The third-order valence-corrected chi connectivity index (χ3v) is 8.14. The first-order valence-corrected chi connectivity index (χ1v) is 10.8. The molecule has 5 nitrogen and oxygen atoms in total. The van der Waals surface area contributed by atoms with E-state index in [-0.39, 0.29) is 23.9 Å². The van der Waals surface area contributed by atoms with Crippen LogP contribution in [-0.4, -0.2) is 52.5 Å². The number of likely N-dealkylation sites (tertiary alicyclic amines) is 1. The highest BCUT2D eigenvalue weighted by molar-refractivity contribution is 5.62. The lowest BCUT2D eigenvalue weighted by atomic mass is 9.48. The monoisotopic (exact) mass is 392 g/mol. The zero-order chi connectivity index (χ0) is 19.8. The Balaban J connectivity index is 1.44. The first-order valence-electron chi connectivity index (χ1n) is 10.8. The predicted molar refractivity (Wildman–Crippen MR) is 110 cm³/mol. The van der Waals surface area contributed by atoms with E-state index in [0.717, 1.165) is 44.3 Å². The molecule has 1 saturated carbocycles. The number of phenols is 1. The molecule has 2 bridgehead atoms. The molecule has 2 fully saturated rings. The number of rotatable bonds is 3. The van der Waals surface area contributed by atoms with Gasteiger partial charge in [-0.05, 0) is 56.5 Å². The number of aliphatic hydroxyl groups is 1. The molecular formula is C24H28N2O3. The summed E-state index contributed by atoms with van der Waals surface area (Å²) in [7, 11) is 2.13. The molecule has 3 N–H and O–H groups in total. The molecule has 2 aliphatic carbocycles. The minimum Gasteiger partial charge on any atom is -0.504 e. The van der Waals surface area contributed by atoms with Gasteiger partial charge < -0.3 is 25.2 Å². The number of nitrogens with one attached hydrogen (secondary N) is 1. The number of hydrogen-bond donors (Lipinski definition) is 3. The summed E-state index contributed by atoms with van der Waals surface area (Å²) in [6.07, 6.45) is 3.13. The highest BCUT2D eigenvalue weighted by atomic mass is 16.5. The van der Waals surface area contributed by atoms with E-state index in [1.54, 1.807) is 6.07 Å². The van der Waals surface area contributed by atoms with E-state index in [2.05, 4.69) is 41.5 Å². The number of benzene rings is 2. The molecular weight excluding hydrogens is 364 g/mol. The van der Waals surface area contributed by atoms with Crippen LogP contribution in [0.25, 0.3) is 0 Å². The van der Waals surface area contributed by atoms with Gasteiger partial charge in [0.15, 0.2) is 11.5 Å². The van der Waals surface area contributed by atoms with Gasteiger partial charge in [0.1, 0.15) is 6.10 Å². The second kappa shape index (κ2) is 5.97. The molecule has 1 spiro atoms. The number of phenolic OH excluding ortho intramolecular Hbond substituents is 1. The molecule has 2 heterocycles.